The van der Waals surface area contributed by atoms with E-state index in [1.165, 1.54) is 11.4 Å². The van der Waals surface area contributed by atoms with Crippen LogP contribution in [0.3, 0.4) is 0 Å². The fourth-order valence-corrected chi connectivity index (χ4v) is 3.51. The number of benzene rings is 3. The molecular weight excluding hydrogens is 384 g/mol. The first-order valence-electron chi connectivity index (χ1n) is 9.26. The molecule has 0 aliphatic heterocycles. The van der Waals surface area contributed by atoms with Crippen LogP contribution in [0.4, 0.5) is 5.69 Å². The largest absolute Gasteiger partial charge is 0.330 e. The molecule has 3 rings (SSSR count). The molecule has 3 aromatic rings. The van der Waals surface area contributed by atoms with Crippen molar-refractivity contribution in [2.24, 2.45) is 0 Å². The predicted octanol–water partition coefficient (Wildman–Crippen LogP) is 3.93. The molecule has 3 aromatic carbocycles. The molecule has 150 valence electrons. The third-order valence-electron chi connectivity index (χ3n) is 4.67. The molecule has 0 fully saturated rings. The molecule has 29 heavy (non-hydrogen) atoms. The van der Waals surface area contributed by atoms with E-state index in [1.54, 1.807) is 29.2 Å². The van der Waals surface area contributed by atoms with Gasteiger partial charge >= 0.3 is 0 Å². The average molecular weight is 409 g/mol. The van der Waals surface area contributed by atoms with Crippen LogP contribution in [0.25, 0.3) is 0 Å². The normalized spacial score (nSPS) is 11.1. The van der Waals surface area contributed by atoms with Gasteiger partial charge < -0.3 is 4.90 Å². The van der Waals surface area contributed by atoms with Crippen molar-refractivity contribution >= 4 is 21.6 Å². The quantitative estimate of drug-likeness (QED) is 0.595. The number of anilines is 1. The standard InChI is InChI=1S/C23H24N2O3S/c1-24(29(2,27)28)22-15-9-14-21(16-22)23(26)25(17-19-10-5-3-6-11-19)18-20-12-7-4-8-13-20/h3-16H,17-18H2,1-2H3. The molecule has 0 saturated heterocycles. The molecule has 0 radical (unpaired) electrons. The maximum absolute atomic E-state index is 13.3. The van der Waals surface area contributed by atoms with Gasteiger partial charge in [0.1, 0.15) is 0 Å². The predicted molar refractivity (Wildman–Crippen MR) is 116 cm³/mol. The second kappa shape index (κ2) is 8.92. The zero-order valence-corrected chi connectivity index (χ0v) is 17.3. The monoisotopic (exact) mass is 408 g/mol. The summed E-state index contributed by atoms with van der Waals surface area (Å²) in [6.07, 6.45) is 1.14. The van der Waals surface area contributed by atoms with Crippen molar-refractivity contribution in [3.05, 3.63) is 102 Å². The van der Waals surface area contributed by atoms with Crippen molar-refractivity contribution in [3.8, 4) is 0 Å². The Hall–Kier alpha value is -3.12. The van der Waals surface area contributed by atoms with Crippen LogP contribution in [0.15, 0.2) is 84.9 Å². The lowest BCUT2D eigenvalue weighted by Crippen LogP contribution is -2.30. The molecule has 1 amide bonds. The molecule has 0 unspecified atom stereocenters. The number of hydrogen-bond donors (Lipinski definition) is 0. The highest BCUT2D eigenvalue weighted by atomic mass is 32.2. The van der Waals surface area contributed by atoms with Gasteiger partial charge in [-0.3, -0.25) is 9.10 Å². The highest BCUT2D eigenvalue weighted by Crippen LogP contribution is 2.20. The van der Waals surface area contributed by atoms with Gasteiger partial charge in [-0.1, -0.05) is 66.7 Å². The molecule has 0 aliphatic carbocycles. The van der Waals surface area contributed by atoms with Crippen molar-refractivity contribution in [2.45, 2.75) is 13.1 Å². The Kier molecular flexibility index (Phi) is 6.34. The van der Waals surface area contributed by atoms with Gasteiger partial charge in [-0.25, -0.2) is 8.42 Å². The van der Waals surface area contributed by atoms with Crippen LogP contribution in [0.5, 0.6) is 0 Å². The van der Waals surface area contributed by atoms with Crippen molar-refractivity contribution in [1.82, 2.24) is 4.90 Å². The van der Waals surface area contributed by atoms with E-state index in [0.29, 0.717) is 24.3 Å². The topological polar surface area (TPSA) is 57.7 Å². The zero-order chi connectivity index (χ0) is 20.9. The third kappa shape index (κ3) is 5.45. The average Bonchev–Trinajstić information content (AvgIpc) is 2.73. The van der Waals surface area contributed by atoms with Crippen LogP contribution < -0.4 is 4.31 Å². The van der Waals surface area contributed by atoms with E-state index in [1.807, 2.05) is 60.7 Å². The number of hydrogen-bond acceptors (Lipinski definition) is 3. The van der Waals surface area contributed by atoms with Crippen LogP contribution in [-0.4, -0.2) is 32.5 Å². The Balaban J connectivity index is 1.91. The van der Waals surface area contributed by atoms with Gasteiger partial charge in [-0.2, -0.15) is 0 Å². The minimum atomic E-state index is -3.41. The molecule has 0 spiro atoms. The van der Waals surface area contributed by atoms with Crippen molar-refractivity contribution in [3.63, 3.8) is 0 Å². The Morgan fingerprint density at radius 2 is 1.31 bits per heavy atom. The summed E-state index contributed by atoms with van der Waals surface area (Å²) in [5.41, 5.74) is 2.96. The summed E-state index contributed by atoms with van der Waals surface area (Å²) in [5.74, 6) is -0.151. The summed E-state index contributed by atoms with van der Waals surface area (Å²) < 4.78 is 24.9. The number of sulfonamides is 1. The molecule has 0 aromatic heterocycles. The lowest BCUT2D eigenvalue weighted by Gasteiger charge is -2.24. The summed E-state index contributed by atoms with van der Waals surface area (Å²) >= 11 is 0. The summed E-state index contributed by atoms with van der Waals surface area (Å²) in [5, 5.41) is 0. The highest BCUT2D eigenvalue weighted by Gasteiger charge is 2.19. The van der Waals surface area contributed by atoms with Gasteiger partial charge in [-0.15, -0.1) is 0 Å². The molecule has 0 atom stereocenters. The number of amides is 1. The first-order chi connectivity index (χ1) is 13.8. The number of nitrogens with zero attached hydrogens (tertiary/aromatic N) is 2. The molecule has 0 heterocycles. The van der Waals surface area contributed by atoms with E-state index < -0.39 is 10.0 Å². The van der Waals surface area contributed by atoms with E-state index in [9.17, 15) is 13.2 Å². The first-order valence-corrected chi connectivity index (χ1v) is 11.1. The molecule has 0 aliphatic rings. The lowest BCUT2D eigenvalue weighted by molar-refractivity contribution is 0.0730. The Morgan fingerprint density at radius 3 is 1.79 bits per heavy atom. The van der Waals surface area contributed by atoms with Gasteiger partial charge in [0.15, 0.2) is 0 Å². The van der Waals surface area contributed by atoms with Crippen LogP contribution in [0.1, 0.15) is 21.5 Å². The molecule has 5 nitrogen and oxygen atoms in total. The van der Waals surface area contributed by atoms with Crippen molar-refractivity contribution < 1.29 is 13.2 Å². The van der Waals surface area contributed by atoms with E-state index in [4.69, 9.17) is 0 Å². The minimum Gasteiger partial charge on any atom is -0.330 e. The molecule has 0 bridgehead atoms. The first kappa shape index (κ1) is 20.6. The fourth-order valence-electron chi connectivity index (χ4n) is 3.02. The molecule has 6 heteroatoms. The summed E-state index contributed by atoms with van der Waals surface area (Å²) in [4.78, 5) is 15.1. The van der Waals surface area contributed by atoms with Gasteiger partial charge in [0.2, 0.25) is 10.0 Å². The second-order valence-electron chi connectivity index (χ2n) is 6.91. The summed E-state index contributed by atoms with van der Waals surface area (Å²) in [7, 11) is -1.93. The van der Waals surface area contributed by atoms with Crippen molar-refractivity contribution in [2.75, 3.05) is 17.6 Å². The zero-order valence-electron chi connectivity index (χ0n) is 16.5. The molecule has 0 saturated carbocycles. The molecule has 0 N–H and O–H groups in total. The Labute approximate surface area is 172 Å². The van der Waals surface area contributed by atoms with Crippen LogP contribution >= 0.6 is 0 Å². The molecular formula is C23H24N2O3S. The third-order valence-corrected chi connectivity index (χ3v) is 5.88. The second-order valence-corrected chi connectivity index (χ2v) is 8.93. The van der Waals surface area contributed by atoms with Crippen molar-refractivity contribution in [1.29, 1.82) is 0 Å². The van der Waals surface area contributed by atoms with Gasteiger partial charge in [0.05, 0.1) is 11.9 Å². The minimum absolute atomic E-state index is 0.151. The van der Waals surface area contributed by atoms with Crippen LogP contribution in [-0.2, 0) is 23.1 Å². The Morgan fingerprint density at radius 1 is 0.793 bits per heavy atom. The summed E-state index contributed by atoms with van der Waals surface area (Å²) in [6.45, 7) is 0.918. The number of rotatable bonds is 7. The smallest absolute Gasteiger partial charge is 0.254 e. The highest BCUT2D eigenvalue weighted by molar-refractivity contribution is 7.92. The maximum atomic E-state index is 13.3. The summed E-state index contributed by atoms with van der Waals surface area (Å²) in [6, 6.07) is 26.3. The fraction of sp³-hybridized carbons (Fsp3) is 0.174. The van der Waals surface area contributed by atoms with Gasteiger partial charge in [-0.05, 0) is 29.3 Å². The number of carbonyl (C=O) groups is 1. The van der Waals surface area contributed by atoms with E-state index in [0.717, 1.165) is 17.4 Å². The van der Waals surface area contributed by atoms with E-state index in [-0.39, 0.29) is 5.91 Å². The number of carbonyl (C=O) groups excluding carboxylic acids is 1. The van der Waals surface area contributed by atoms with Gasteiger partial charge in [0, 0.05) is 25.7 Å². The van der Waals surface area contributed by atoms with E-state index >= 15 is 0 Å². The van der Waals surface area contributed by atoms with Gasteiger partial charge in [0.25, 0.3) is 5.91 Å². The van der Waals surface area contributed by atoms with Crippen LogP contribution in [0.2, 0.25) is 0 Å². The van der Waals surface area contributed by atoms with E-state index in [2.05, 4.69) is 0 Å². The maximum Gasteiger partial charge on any atom is 0.254 e. The van der Waals surface area contributed by atoms with Crippen LogP contribution in [0, 0.1) is 0 Å². The SMILES string of the molecule is CN(c1cccc(C(=O)N(Cc2ccccc2)Cc2ccccc2)c1)S(C)(=O)=O. The lowest BCUT2D eigenvalue weighted by atomic mass is 10.1. The Bertz CT molecular complexity index is 1030.